The van der Waals surface area contributed by atoms with Crippen LogP contribution in [0.1, 0.15) is 39.2 Å². The molecule has 1 saturated carbocycles. The number of piperidine rings is 1. The average Bonchev–Trinajstić information content (AvgIpc) is 2.71. The number of halogens is 1. The molecule has 0 spiro atoms. The molecule has 2 fully saturated rings. The maximum atomic E-state index is 12.9. The van der Waals surface area contributed by atoms with Crippen LogP contribution in [0, 0.1) is 23.7 Å². The second-order valence-corrected chi connectivity index (χ2v) is 8.32. The van der Waals surface area contributed by atoms with Crippen LogP contribution in [0.25, 0.3) is 0 Å². The minimum Gasteiger partial charge on any atom is -0.324 e. The van der Waals surface area contributed by atoms with Crippen LogP contribution in [-0.4, -0.2) is 29.2 Å². The molecule has 0 radical (unpaired) electrons. The van der Waals surface area contributed by atoms with Gasteiger partial charge in [-0.1, -0.05) is 32.4 Å². The monoisotopic (exact) mass is 362 g/mol. The van der Waals surface area contributed by atoms with E-state index in [1.54, 1.807) is 18.2 Å². The Hall–Kier alpha value is -1.88. The molecule has 25 heavy (non-hydrogen) atoms. The highest BCUT2D eigenvalue weighted by Gasteiger charge is 2.64. The van der Waals surface area contributed by atoms with E-state index in [4.69, 9.17) is 11.6 Å². The first-order chi connectivity index (χ1) is 11.6. The molecule has 3 amide bonds. The molecular formula is C19H23ClN2O3. The Kier molecular flexibility index (Phi) is 4.18. The number of benzene rings is 1. The zero-order valence-corrected chi connectivity index (χ0v) is 15.7. The predicted octanol–water partition coefficient (Wildman–Crippen LogP) is 3.40. The Morgan fingerprint density at radius 3 is 2.64 bits per heavy atom. The summed E-state index contributed by atoms with van der Waals surface area (Å²) in [6.07, 6.45) is 1.38. The van der Waals surface area contributed by atoms with E-state index in [0.29, 0.717) is 23.6 Å². The summed E-state index contributed by atoms with van der Waals surface area (Å²) in [5.41, 5.74) is 0.481. The van der Waals surface area contributed by atoms with Gasteiger partial charge in [0.05, 0.1) is 5.41 Å². The van der Waals surface area contributed by atoms with Crippen molar-refractivity contribution in [1.82, 2.24) is 4.90 Å². The van der Waals surface area contributed by atoms with Gasteiger partial charge in [0.1, 0.15) is 6.54 Å². The van der Waals surface area contributed by atoms with Crippen LogP contribution in [0.15, 0.2) is 18.2 Å². The Balaban J connectivity index is 1.78. The number of imide groups is 1. The molecule has 134 valence electrons. The highest BCUT2D eigenvalue weighted by molar-refractivity contribution is 6.30. The second-order valence-electron chi connectivity index (χ2n) is 7.88. The molecule has 1 aliphatic heterocycles. The quantitative estimate of drug-likeness (QED) is 0.838. The molecular weight excluding hydrogens is 340 g/mol. The summed E-state index contributed by atoms with van der Waals surface area (Å²) < 4.78 is 0. The maximum Gasteiger partial charge on any atom is 0.244 e. The lowest BCUT2D eigenvalue weighted by molar-refractivity contribution is -0.168. The molecule has 1 aromatic carbocycles. The summed E-state index contributed by atoms with van der Waals surface area (Å²) in [5, 5.41) is 3.35. The van der Waals surface area contributed by atoms with E-state index in [9.17, 15) is 14.4 Å². The van der Waals surface area contributed by atoms with Crippen molar-refractivity contribution in [2.45, 2.75) is 40.5 Å². The number of anilines is 1. The molecule has 1 aromatic rings. The van der Waals surface area contributed by atoms with E-state index in [0.717, 1.165) is 10.5 Å². The first kappa shape index (κ1) is 17.9. The van der Waals surface area contributed by atoms with Crippen molar-refractivity contribution >= 4 is 35.0 Å². The fourth-order valence-electron chi connectivity index (χ4n) is 4.15. The molecule has 3 rings (SSSR count). The molecule has 1 saturated heterocycles. The van der Waals surface area contributed by atoms with E-state index >= 15 is 0 Å². The number of likely N-dealkylation sites (tertiary alicyclic amines) is 1. The van der Waals surface area contributed by atoms with E-state index < -0.39 is 5.41 Å². The molecule has 2 aliphatic rings. The lowest BCUT2D eigenvalue weighted by Crippen LogP contribution is -2.60. The number of carbonyl (C=O) groups is 3. The summed E-state index contributed by atoms with van der Waals surface area (Å²) in [5.74, 6) is -1.05. The average molecular weight is 363 g/mol. The number of aryl methyl sites for hydroxylation is 1. The zero-order chi connectivity index (χ0) is 18.6. The number of nitrogens with one attached hydrogen (secondary N) is 1. The standard InChI is InChI=1S/C19H23ClN2O3/c1-11-9-12(20)5-6-14(11)21-15(23)10-22-16(24)13-7-8-19(4,17(22)25)18(13,2)3/h5-6,9,13H,7-8,10H2,1-4H3,(H,21,23). The van der Waals surface area contributed by atoms with Crippen LogP contribution in [0.2, 0.25) is 5.02 Å². The number of carbonyl (C=O) groups excluding carboxylic acids is 3. The molecule has 1 N–H and O–H groups in total. The van der Waals surface area contributed by atoms with Crippen LogP contribution in [0.4, 0.5) is 5.69 Å². The molecule has 1 heterocycles. The normalized spacial score (nSPS) is 27.6. The molecule has 6 heteroatoms. The number of amides is 3. The topological polar surface area (TPSA) is 66.5 Å². The number of fused-ring (bicyclic) bond motifs is 2. The van der Waals surface area contributed by atoms with Crippen LogP contribution in [-0.2, 0) is 14.4 Å². The summed E-state index contributed by atoms with van der Waals surface area (Å²) in [6.45, 7) is 7.46. The van der Waals surface area contributed by atoms with Gasteiger partial charge in [-0.25, -0.2) is 0 Å². The van der Waals surface area contributed by atoms with Crippen molar-refractivity contribution in [3.05, 3.63) is 28.8 Å². The number of hydrogen-bond acceptors (Lipinski definition) is 3. The van der Waals surface area contributed by atoms with E-state index in [-0.39, 0.29) is 35.6 Å². The van der Waals surface area contributed by atoms with Crippen LogP contribution >= 0.6 is 11.6 Å². The van der Waals surface area contributed by atoms with Gasteiger partial charge in [0.2, 0.25) is 17.7 Å². The van der Waals surface area contributed by atoms with E-state index in [2.05, 4.69) is 5.32 Å². The first-order valence-corrected chi connectivity index (χ1v) is 8.87. The van der Waals surface area contributed by atoms with Gasteiger partial charge in [0.25, 0.3) is 0 Å². The van der Waals surface area contributed by atoms with Gasteiger partial charge in [0, 0.05) is 16.6 Å². The third kappa shape index (κ3) is 2.65. The largest absolute Gasteiger partial charge is 0.324 e. The predicted molar refractivity (Wildman–Crippen MR) is 96.2 cm³/mol. The highest BCUT2D eigenvalue weighted by Crippen LogP contribution is 2.59. The molecule has 0 aromatic heterocycles. The van der Waals surface area contributed by atoms with E-state index in [1.807, 2.05) is 27.7 Å². The van der Waals surface area contributed by atoms with Gasteiger partial charge in [-0.2, -0.15) is 0 Å². The maximum absolute atomic E-state index is 12.9. The second kappa shape index (κ2) is 5.84. The van der Waals surface area contributed by atoms with Gasteiger partial charge in [-0.05, 0) is 48.9 Å². The molecule has 2 bridgehead atoms. The fourth-order valence-corrected chi connectivity index (χ4v) is 4.38. The summed E-state index contributed by atoms with van der Waals surface area (Å²) in [7, 11) is 0. The van der Waals surface area contributed by atoms with Gasteiger partial charge < -0.3 is 5.32 Å². The zero-order valence-electron chi connectivity index (χ0n) is 15.0. The van der Waals surface area contributed by atoms with Crippen LogP contribution in [0.5, 0.6) is 0 Å². The van der Waals surface area contributed by atoms with Gasteiger partial charge in [0.15, 0.2) is 0 Å². The minimum absolute atomic E-state index is 0.208. The number of nitrogens with zero attached hydrogens (tertiary/aromatic N) is 1. The fraction of sp³-hybridized carbons (Fsp3) is 0.526. The minimum atomic E-state index is -0.595. The van der Waals surface area contributed by atoms with Crippen molar-refractivity contribution in [3.63, 3.8) is 0 Å². The van der Waals surface area contributed by atoms with Gasteiger partial charge in [-0.3, -0.25) is 19.3 Å². The lowest BCUT2D eigenvalue weighted by atomic mass is 9.62. The third-order valence-electron chi connectivity index (χ3n) is 6.27. The molecule has 2 atom stereocenters. The van der Waals surface area contributed by atoms with Crippen molar-refractivity contribution in [2.24, 2.45) is 16.7 Å². The molecule has 2 unspecified atom stereocenters. The van der Waals surface area contributed by atoms with Crippen molar-refractivity contribution in [2.75, 3.05) is 11.9 Å². The van der Waals surface area contributed by atoms with Crippen LogP contribution in [0.3, 0.4) is 0 Å². The van der Waals surface area contributed by atoms with Gasteiger partial charge >= 0.3 is 0 Å². The summed E-state index contributed by atoms with van der Waals surface area (Å²) in [6, 6.07) is 5.15. The first-order valence-electron chi connectivity index (χ1n) is 8.50. The summed E-state index contributed by atoms with van der Waals surface area (Å²) >= 11 is 5.92. The van der Waals surface area contributed by atoms with Crippen molar-refractivity contribution in [3.8, 4) is 0 Å². The highest BCUT2D eigenvalue weighted by atomic mass is 35.5. The molecule has 1 aliphatic carbocycles. The Bertz CT molecular complexity index is 774. The number of rotatable bonds is 3. The Morgan fingerprint density at radius 2 is 2.00 bits per heavy atom. The lowest BCUT2D eigenvalue weighted by Gasteiger charge is -2.47. The van der Waals surface area contributed by atoms with Crippen LogP contribution < -0.4 is 5.32 Å². The Labute approximate surface area is 152 Å². The number of hydrogen-bond donors (Lipinski definition) is 1. The summed E-state index contributed by atoms with van der Waals surface area (Å²) in [4.78, 5) is 39.3. The Morgan fingerprint density at radius 1 is 1.32 bits per heavy atom. The van der Waals surface area contributed by atoms with Crippen molar-refractivity contribution < 1.29 is 14.4 Å². The molecule has 5 nitrogen and oxygen atoms in total. The third-order valence-corrected chi connectivity index (χ3v) is 6.51. The smallest absolute Gasteiger partial charge is 0.244 e. The van der Waals surface area contributed by atoms with Gasteiger partial charge in [-0.15, -0.1) is 0 Å². The SMILES string of the molecule is Cc1cc(Cl)ccc1NC(=O)CN1C(=O)C2CCC(C)(C1=O)C2(C)C. The van der Waals surface area contributed by atoms with E-state index in [1.165, 1.54) is 0 Å². The van der Waals surface area contributed by atoms with Crippen molar-refractivity contribution in [1.29, 1.82) is 0 Å².